The molecule has 1 saturated heterocycles. The number of nitrogens with one attached hydrogen (secondary N) is 1. The van der Waals surface area contributed by atoms with Gasteiger partial charge in [-0.05, 0) is 50.8 Å². The number of amides is 1. The van der Waals surface area contributed by atoms with E-state index >= 15 is 0 Å². The fraction of sp³-hybridized carbons (Fsp3) is 0.632. The van der Waals surface area contributed by atoms with Crippen molar-refractivity contribution in [1.82, 2.24) is 10.2 Å². The number of hydrogen-bond donors (Lipinski definition) is 2. The van der Waals surface area contributed by atoms with E-state index < -0.39 is 6.10 Å². The molecule has 2 N–H and O–H groups in total. The van der Waals surface area contributed by atoms with Gasteiger partial charge in [-0.15, -0.1) is 0 Å². The van der Waals surface area contributed by atoms with Crippen LogP contribution in [0, 0.1) is 12.8 Å². The highest BCUT2D eigenvalue weighted by Gasteiger charge is 2.18. The van der Waals surface area contributed by atoms with Crippen LogP contribution in [0.4, 0.5) is 0 Å². The summed E-state index contributed by atoms with van der Waals surface area (Å²) in [7, 11) is 0. The van der Waals surface area contributed by atoms with E-state index in [2.05, 4.69) is 48.3 Å². The number of aliphatic hydroxyl groups excluding tert-OH is 1. The summed E-state index contributed by atoms with van der Waals surface area (Å²) >= 11 is 0. The Labute approximate surface area is 139 Å². The first-order valence-electron chi connectivity index (χ1n) is 8.75. The van der Waals surface area contributed by atoms with Gasteiger partial charge >= 0.3 is 0 Å². The lowest BCUT2D eigenvalue weighted by Crippen LogP contribution is -2.43. The van der Waals surface area contributed by atoms with Crippen LogP contribution in [-0.4, -0.2) is 48.2 Å². The Hall–Kier alpha value is -1.39. The van der Waals surface area contributed by atoms with Gasteiger partial charge in [0, 0.05) is 19.5 Å². The SMILES string of the molecule is Cc1ccc(CCC(=O)NCC(O)CN2CCC(C)CC2)cc1. The van der Waals surface area contributed by atoms with E-state index in [1.807, 2.05) is 0 Å². The highest BCUT2D eigenvalue weighted by atomic mass is 16.3. The van der Waals surface area contributed by atoms with Crippen molar-refractivity contribution in [1.29, 1.82) is 0 Å². The third-order valence-corrected chi connectivity index (χ3v) is 4.64. The topological polar surface area (TPSA) is 52.6 Å². The minimum Gasteiger partial charge on any atom is -0.390 e. The van der Waals surface area contributed by atoms with Gasteiger partial charge in [0.1, 0.15) is 0 Å². The first-order chi connectivity index (χ1) is 11.0. The predicted molar refractivity (Wildman–Crippen MR) is 93.4 cm³/mol. The highest BCUT2D eigenvalue weighted by Crippen LogP contribution is 2.15. The lowest BCUT2D eigenvalue weighted by molar-refractivity contribution is -0.121. The molecule has 128 valence electrons. The molecule has 1 unspecified atom stereocenters. The molecule has 4 nitrogen and oxygen atoms in total. The fourth-order valence-corrected chi connectivity index (χ4v) is 2.94. The van der Waals surface area contributed by atoms with Crippen molar-refractivity contribution in [3.05, 3.63) is 35.4 Å². The number of piperidine rings is 1. The summed E-state index contributed by atoms with van der Waals surface area (Å²) in [6, 6.07) is 8.26. The zero-order chi connectivity index (χ0) is 16.7. The highest BCUT2D eigenvalue weighted by molar-refractivity contribution is 5.76. The standard InChI is InChI=1S/C19H30N2O2/c1-15-3-5-17(6-4-15)7-8-19(23)20-13-18(22)14-21-11-9-16(2)10-12-21/h3-6,16,18,22H,7-14H2,1-2H3,(H,20,23). The average molecular weight is 318 g/mol. The van der Waals surface area contributed by atoms with E-state index in [-0.39, 0.29) is 5.91 Å². The van der Waals surface area contributed by atoms with Crippen molar-refractivity contribution in [2.45, 2.75) is 45.6 Å². The van der Waals surface area contributed by atoms with E-state index in [1.54, 1.807) is 0 Å². The number of carbonyl (C=O) groups excluding carboxylic acids is 1. The molecule has 1 aliphatic rings. The van der Waals surface area contributed by atoms with Crippen molar-refractivity contribution >= 4 is 5.91 Å². The summed E-state index contributed by atoms with van der Waals surface area (Å²) in [6.45, 7) is 7.45. The van der Waals surface area contributed by atoms with Crippen LogP contribution in [0.1, 0.15) is 37.3 Å². The summed E-state index contributed by atoms with van der Waals surface area (Å²) in [5.74, 6) is 0.807. The van der Waals surface area contributed by atoms with Gasteiger partial charge in [0.15, 0.2) is 0 Å². The molecule has 2 rings (SSSR count). The number of likely N-dealkylation sites (tertiary alicyclic amines) is 1. The van der Waals surface area contributed by atoms with Crippen LogP contribution in [0.15, 0.2) is 24.3 Å². The van der Waals surface area contributed by atoms with Crippen LogP contribution >= 0.6 is 0 Å². The molecule has 1 heterocycles. The van der Waals surface area contributed by atoms with Gasteiger partial charge in [0.05, 0.1) is 6.10 Å². The maximum absolute atomic E-state index is 11.9. The smallest absolute Gasteiger partial charge is 0.220 e. The number of aryl methyl sites for hydroxylation is 2. The molecule has 1 fully saturated rings. The summed E-state index contributed by atoms with van der Waals surface area (Å²) in [5, 5.41) is 12.9. The molecule has 0 aromatic heterocycles. The maximum atomic E-state index is 11.9. The second-order valence-corrected chi connectivity index (χ2v) is 6.93. The molecule has 23 heavy (non-hydrogen) atoms. The average Bonchev–Trinajstić information content (AvgIpc) is 2.54. The Kier molecular flexibility index (Phi) is 7.06. The van der Waals surface area contributed by atoms with Crippen molar-refractivity contribution in [2.24, 2.45) is 5.92 Å². The summed E-state index contributed by atoms with van der Waals surface area (Å²) in [5.41, 5.74) is 2.40. The third kappa shape index (κ3) is 6.71. The van der Waals surface area contributed by atoms with Crippen LogP contribution in [0.25, 0.3) is 0 Å². The molecule has 1 aromatic rings. The predicted octanol–water partition coefficient (Wildman–Crippen LogP) is 2.14. The molecular weight excluding hydrogens is 288 g/mol. The lowest BCUT2D eigenvalue weighted by atomic mass is 9.99. The number of nitrogens with zero attached hydrogens (tertiary/aromatic N) is 1. The Morgan fingerprint density at radius 1 is 1.30 bits per heavy atom. The van der Waals surface area contributed by atoms with Gasteiger partial charge in [0.25, 0.3) is 0 Å². The zero-order valence-electron chi connectivity index (χ0n) is 14.4. The molecule has 4 heteroatoms. The lowest BCUT2D eigenvalue weighted by Gasteiger charge is -2.31. The van der Waals surface area contributed by atoms with E-state index in [0.717, 1.165) is 25.4 Å². The number of aliphatic hydroxyl groups is 1. The number of β-amino-alcohol motifs (C(OH)–C–C–N with tert-alkyl or cyclic N) is 1. The largest absolute Gasteiger partial charge is 0.390 e. The van der Waals surface area contributed by atoms with Gasteiger partial charge in [-0.25, -0.2) is 0 Å². The molecule has 1 amide bonds. The second kappa shape index (κ2) is 9.04. The normalized spacial score (nSPS) is 17.9. The minimum absolute atomic E-state index is 0.0110. The molecule has 1 atom stereocenters. The Balaban J connectivity index is 1.60. The Morgan fingerprint density at radius 3 is 2.61 bits per heavy atom. The molecule has 0 saturated carbocycles. The summed E-state index contributed by atoms with van der Waals surface area (Å²) in [6.07, 6.45) is 3.14. The van der Waals surface area contributed by atoms with Crippen LogP contribution in [-0.2, 0) is 11.2 Å². The number of benzene rings is 1. The molecule has 0 spiro atoms. The van der Waals surface area contributed by atoms with Crippen molar-refractivity contribution in [2.75, 3.05) is 26.2 Å². The van der Waals surface area contributed by atoms with Crippen molar-refractivity contribution < 1.29 is 9.90 Å². The Morgan fingerprint density at radius 2 is 1.96 bits per heavy atom. The number of rotatable bonds is 7. The molecule has 1 aromatic carbocycles. The van der Waals surface area contributed by atoms with Gasteiger partial charge in [-0.1, -0.05) is 36.8 Å². The molecule has 0 bridgehead atoms. The molecular formula is C19H30N2O2. The summed E-state index contributed by atoms with van der Waals surface area (Å²) in [4.78, 5) is 14.2. The zero-order valence-corrected chi connectivity index (χ0v) is 14.4. The fourth-order valence-electron chi connectivity index (χ4n) is 2.94. The molecule has 0 aliphatic carbocycles. The van der Waals surface area contributed by atoms with Crippen LogP contribution < -0.4 is 5.32 Å². The van der Waals surface area contributed by atoms with E-state index in [4.69, 9.17) is 0 Å². The van der Waals surface area contributed by atoms with E-state index in [9.17, 15) is 9.90 Å². The minimum atomic E-state index is -0.480. The molecule has 1 aliphatic heterocycles. The van der Waals surface area contributed by atoms with E-state index in [1.165, 1.54) is 24.0 Å². The maximum Gasteiger partial charge on any atom is 0.220 e. The van der Waals surface area contributed by atoms with Gasteiger partial charge in [-0.3, -0.25) is 4.79 Å². The van der Waals surface area contributed by atoms with Crippen LogP contribution in [0.2, 0.25) is 0 Å². The first kappa shape index (κ1) is 18.0. The first-order valence-corrected chi connectivity index (χ1v) is 8.75. The van der Waals surface area contributed by atoms with Gasteiger partial charge < -0.3 is 15.3 Å². The van der Waals surface area contributed by atoms with Gasteiger partial charge in [0.2, 0.25) is 5.91 Å². The van der Waals surface area contributed by atoms with Gasteiger partial charge in [-0.2, -0.15) is 0 Å². The summed E-state index contributed by atoms with van der Waals surface area (Å²) < 4.78 is 0. The number of hydrogen-bond acceptors (Lipinski definition) is 3. The Bertz CT molecular complexity index is 479. The quantitative estimate of drug-likeness (QED) is 0.810. The van der Waals surface area contributed by atoms with Crippen molar-refractivity contribution in [3.8, 4) is 0 Å². The van der Waals surface area contributed by atoms with Crippen LogP contribution in [0.3, 0.4) is 0 Å². The van der Waals surface area contributed by atoms with E-state index in [0.29, 0.717) is 19.5 Å². The monoisotopic (exact) mass is 318 g/mol. The third-order valence-electron chi connectivity index (χ3n) is 4.64. The van der Waals surface area contributed by atoms with Crippen LogP contribution in [0.5, 0.6) is 0 Å². The number of carbonyl (C=O) groups is 1. The molecule has 0 radical (unpaired) electrons. The second-order valence-electron chi connectivity index (χ2n) is 6.93. The van der Waals surface area contributed by atoms with Crippen molar-refractivity contribution in [3.63, 3.8) is 0 Å².